The predicted octanol–water partition coefficient (Wildman–Crippen LogP) is 11.7. The summed E-state index contributed by atoms with van der Waals surface area (Å²) in [6, 6.07) is 38.2. The average Bonchev–Trinajstić information content (AvgIpc) is 3.09. The van der Waals surface area contributed by atoms with Crippen LogP contribution in [0.5, 0.6) is 5.75 Å². The third-order valence-electron chi connectivity index (χ3n) is 7.73. The molecule has 6 heteroatoms. The molecule has 1 fully saturated rings. The first-order chi connectivity index (χ1) is 21.6. The van der Waals surface area contributed by atoms with E-state index in [0.29, 0.717) is 5.69 Å². The van der Waals surface area contributed by atoms with E-state index < -0.39 is 0 Å². The molecule has 1 aliphatic rings. The van der Waals surface area contributed by atoms with E-state index in [9.17, 15) is 5.11 Å². The minimum Gasteiger partial charge on any atom is -0.506 e. The molecule has 0 unspecified atom stereocenters. The average molecular weight is 587 g/mol. The molecule has 0 heterocycles. The Balaban J connectivity index is 0.000000834. The molecule has 0 bridgehead atoms. The number of aliphatic hydroxyl groups is 1. The molecule has 0 spiro atoms. The third-order valence-corrected chi connectivity index (χ3v) is 7.73. The Labute approximate surface area is 260 Å². The van der Waals surface area contributed by atoms with Gasteiger partial charge in [0.15, 0.2) is 0 Å². The molecule has 44 heavy (non-hydrogen) atoms. The van der Waals surface area contributed by atoms with E-state index in [1.54, 1.807) is 6.07 Å². The van der Waals surface area contributed by atoms with Crippen LogP contribution in [0.4, 0.5) is 22.7 Å². The number of phenols is 1. The van der Waals surface area contributed by atoms with Crippen LogP contribution in [0.15, 0.2) is 136 Å². The Morgan fingerprint density at radius 3 is 1.59 bits per heavy atom. The van der Waals surface area contributed by atoms with Gasteiger partial charge < -0.3 is 10.2 Å². The first-order valence-electron chi connectivity index (χ1n) is 15.4. The lowest BCUT2D eigenvalue weighted by atomic mass is 9.65. The Bertz CT molecular complexity index is 1640. The van der Waals surface area contributed by atoms with E-state index in [-0.39, 0.29) is 11.2 Å². The number of fused-ring (bicyclic) bond motifs is 1. The van der Waals surface area contributed by atoms with Gasteiger partial charge in [0, 0.05) is 17.9 Å². The summed E-state index contributed by atoms with van der Waals surface area (Å²) in [5.41, 5.74) is 5.53. The molecule has 0 saturated heterocycles. The fourth-order valence-electron chi connectivity index (χ4n) is 5.66. The summed E-state index contributed by atoms with van der Waals surface area (Å²) in [4.78, 5) is 0. The standard InChI is InChI=1S/C34H30N4O.C3H8.CH4O/c39-32-22-13-25-9-5-6-12-31(25)33(32)38-37-30-20-16-27(17-21-30)34(23-7-2-8-24-34)26-14-18-29(19-15-26)36-35-28-10-3-1-4-11-28;1-3-2;1-2/h1,3-6,9-22,39H,2,7-8,23-24H2;3H2,1-2H3;2H,1H3. The molecule has 0 aromatic heterocycles. The first-order valence-corrected chi connectivity index (χ1v) is 15.4. The second-order valence-electron chi connectivity index (χ2n) is 10.8. The number of aliphatic hydroxyl groups excluding tert-OH is 1. The van der Waals surface area contributed by atoms with Crippen LogP contribution >= 0.6 is 0 Å². The van der Waals surface area contributed by atoms with Gasteiger partial charge in [-0.1, -0.05) is 112 Å². The zero-order valence-corrected chi connectivity index (χ0v) is 25.9. The normalized spacial score (nSPS) is 14.1. The first kappa shape index (κ1) is 32.2. The van der Waals surface area contributed by atoms with Crippen LogP contribution in [0.2, 0.25) is 0 Å². The van der Waals surface area contributed by atoms with E-state index in [1.165, 1.54) is 36.8 Å². The number of hydrogen-bond acceptors (Lipinski definition) is 6. The molecular formula is C38H42N4O2. The van der Waals surface area contributed by atoms with Gasteiger partial charge in [0.1, 0.15) is 11.4 Å². The van der Waals surface area contributed by atoms with Crippen LogP contribution in [-0.4, -0.2) is 17.3 Å². The maximum Gasteiger partial charge on any atom is 0.143 e. The van der Waals surface area contributed by atoms with E-state index in [0.717, 1.165) is 47.8 Å². The van der Waals surface area contributed by atoms with Crippen LogP contribution in [-0.2, 0) is 5.41 Å². The fourth-order valence-corrected chi connectivity index (χ4v) is 5.66. The van der Waals surface area contributed by atoms with Crippen molar-refractivity contribution < 1.29 is 10.2 Å². The number of benzene rings is 5. The van der Waals surface area contributed by atoms with Crippen LogP contribution in [0.1, 0.15) is 63.5 Å². The maximum atomic E-state index is 10.4. The van der Waals surface area contributed by atoms with Crippen molar-refractivity contribution in [3.05, 3.63) is 126 Å². The molecule has 1 saturated carbocycles. The molecule has 2 N–H and O–H groups in total. The molecule has 0 atom stereocenters. The highest BCUT2D eigenvalue weighted by atomic mass is 16.3. The van der Waals surface area contributed by atoms with Crippen molar-refractivity contribution in [1.29, 1.82) is 0 Å². The van der Waals surface area contributed by atoms with Gasteiger partial charge >= 0.3 is 0 Å². The molecule has 1 aliphatic carbocycles. The van der Waals surface area contributed by atoms with Crippen molar-refractivity contribution in [1.82, 2.24) is 0 Å². The monoisotopic (exact) mass is 586 g/mol. The highest BCUT2D eigenvalue weighted by Crippen LogP contribution is 2.46. The number of rotatable bonds is 6. The second kappa shape index (κ2) is 16.2. The summed E-state index contributed by atoms with van der Waals surface area (Å²) in [5.74, 6) is 0.127. The van der Waals surface area contributed by atoms with Gasteiger partial charge in [-0.15, -0.1) is 5.11 Å². The lowest BCUT2D eigenvalue weighted by Gasteiger charge is -2.38. The molecule has 5 aromatic carbocycles. The van der Waals surface area contributed by atoms with E-state index in [2.05, 4.69) is 70.7 Å². The summed E-state index contributed by atoms with van der Waals surface area (Å²) in [5, 5.41) is 37.0. The van der Waals surface area contributed by atoms with Gasteiger partial charge in [0.05, 0.1) is 17.1 Å². The van der Waals surface area contributed by atoms with Gasteiger partial charge in [-0.3, -0.25) is 0 Å². The Hall–Kier alpha value is -4.68. The van der Waals surface area contributed by atoms with E-state index in [4.69, 9.17) is 5.11 Å². The molecule has 0 radical (unpaired) electrons. The zero-order chi connectivity index (χ0) is 31.2. The number of phenolic OH excluding ortho intramolecular Hbond substituents is 1. The molecule has 6 rings (SSSR count). The summed E-state index contributed by atoms with van der Waals surface area (Å²) in [6.07, 6.45) is 7.16. The third kappa shape index (κ3) is 7.82. The van der Waals surface area contributed by atoms with E-state index in [1.807, 2.05) is 72.8 Å². The minimum absolute atomic E-state index is 0.0308. The van der Waals surface area contributed by atoms with Gasteiger partial charge in [0.2, 0.25) is 0 Å². The topological polar surface area (TPSA) is 89.9 Å². The molecule has 0 amide bonds. The Morgan fingerprint density at radius 2 is 1.02 bits per heavy atom. The summed E-state index contributed by atoms with van der Waals surface area (Å²) in [7, 11) is 1.00. The Morgan fingerprint density at radius 1 is 0.545 bits per heavy atom. The van der Waals surface area contributed by atoms with Crippen molar-refractivity contribution in [2.45, 2.75) is 57.8 Å². The van der Waals surface area contributed by atoms with Crippen molar-refractivity contribution in [3.63, 3.8) is 0 Å². The molecule has 5 aromatic rings. The second-order valence-corrected chi connectivity index (χ2v) is 10.8. The summed E-state index contributed by atoms with van der Waals surface area (Å²) in [6.45, 7) is 4.25. The molecule has 0 aliphatic heterocycles. The van der Waals surface area contributed by atoms with Crippen LogP contribution < -0.4 is 0 Å². The lowest BCUT2D eigenvalue weighted by Crippen LogP contribution is -2.30. The Kier molecular flexibility index (Phi) is 11.9. The van der Waals surface area contributed by atoms with Gasteiger partial charge in [-0.25, -0.2) is 0 Å². The predicted molar refractivity (Wildman–Crippen MR) is 181 cm³/mol. The lowest BCUT2D eigenvalue weighted by molar-refractivity contribution is 0.346. The number of aromatic hydroxyl groups is 1. The molecular weight excluding hydrogens is 544 g/mol. The molecule has 6 nitrogen and oxygen atoms in total. The van der Waals surface area contributed by atoms with Gasteiger partial charge in [0.25, 0.3) is 0 Å². The van der Waals surface area contributed by atoms with Gasteiger partial charge in [-0.05, 0) is 71.8 Å². The highest BCUT2D eigenvalue weighted by molar-refractivity contribution is 5.95. The number of azo groups is 2. The van der Waals surface area contributed by atoms with Crippen molar-refractivity contribution in [2.24, 2.45) is 20.5 Å². The van der Waals surface area contributed by atoms with Crippen molar-refractivity contribution in [3.8, 4) is 5.75 Å². The van der Waals surface area contributed by atoms with Crippen molar-refractivity contribution >= 4 is 33.5 Å². The van der Waals surface area contributed by atoms with Crippen LogP contribution in [0.3, 0.4) is 0 Å². The fraction of sp³-hybridized carbons (Fsp3) is 0.263. The number of nitrogens with zero attached hydrogens (tertiary/aromatic N) is 4. The SMILES string of the molecule is CCC.CO.Oc1ccc2ccccc2c1N=Nc1ccc(C2(c3ccc(N=Nc4ccccc4)cc3)CCCCC2)cc1. The summed E-state index contributed by atoms with van der Waals surface area (Å²) >= 11 is 0. The van der Waals surface area contributed by atoms with E-state index >= 15 is 0 Å². The van der Waals surface area contributed by atoms with Gasteiger partial charge in [-0.2, -0.15) is 15.3 Å². The largest absolute Gasteiger partial charge is 0.506 e. The molecule has 226 valence electrons. The zero-order valence-electron chi connectivity index (χ0n) is 25.9. The highest BCUT2D eigenvalue weighted by Gasteiger charge is 2.35. The smallest absolute Gasteiger partial charge is 0.143 e. The minimum atomic E-state index is -0.0308. The van der Waals surface area contributed by atoms with Crippen LogP contribution in [0, 0.1) is 0 Å². The van der Waals surface area contributed by atoms with Crippen LogP contribution in [0.25, 0.3) is 10.8 Å². The van der Waals surface area contributed by atoms with Crippen molar-refractivity contribution in [2.75, 3.05) is 7.11 Å². The summed E-state index contributed by atoms with van der Waals surface area (Å²) < 4.78 is 0. The number of hydrogen-bond donors (Lipinski definition) is 2. The maximum absolute atomic E-state index is 10.4. The quantitative estimate of drug-likeness (QED) is 0.194.